The van der Waals surface area contributed by atoms with Gasteiger partial charge in [0.1, 0.15) is 5.75 Å². The highest BCUT2D eigenvalue weighted by Crippen LogP contribution is 2.23. The molecule has 2 aromatic rings. The molecule has 0 bridgehead atoms. The zero-order valence-corrected chi connectivity index (χ0v) is 12.3. The molecule has 2 rings (SSSR count). The summed E-state index contributed by atoms with van der Waals surface area (Å²) in [5.74, 6) is 0.507. The molecule has 1 aromatic heterocycles. The van der Waals surface area contributed by atoms with Gasteiger partial charge < -0.3 is 4.74 Å². The summed E-state index contributed by atoms with van der Waals surface area (Å²) in [5.41, 5.74) is 1.09. The molecule has 0 amide bonds. The Morgan fingerprint density at radius 1 is 1.26 bits per heavy atom. The molecular weight excluding hydrogens is 306 g/mol. The number of aromatic nitrogens is 1. The Labute approximate surface area is 120 Å². The van der Waals surface area contributed by atoms with Crippen molar-refractivity contribution in [3.05, 3.63) is 58.3 Å². The predicted molar refractivity (Wildman–Crippen MR) is 77.6 cm³/mol. The van der Waals surface area contributed by atoms with Gasteiger partial charge >= 0.3 is 0 Å². The minimum absolute atomic E-state index is 0.0228. The van der Waals surface area contributed by atoms with Crippen molar-refractivity contribution in [3.63, 3.8) is 0 Å². The van der Waals surface area contributed by atoms with E-state index < -0.39 is 0 Å². The zero-order chi connectivity index (χ0) is 13.8. The maximum absolute atomic E-state index is 12.5. The summed E-state index contributed by atoms with van der Waals surface area (Å²) in [6.07, 6.45) is 3.22. The van der Waals surface area contributed by atoms with Crippen molar-refractivity contribution in [2.24, 2.45) is 0 Å². The van der Waals surface area contributed by atoms with Crippen LogP contribution in [0.2, 0.25) is 0 Å². The summed E-state index contributed by atoms with van der Waals surface area (Å²) >= 11 is 3.32. The number of nitrogens with zero attached hydrogens (tertiary/aromatic N) is 1. The molecule has 0 spiro atoms. The van der Waals surface area contributed by atoms with Gasteiger partial charge in [-0.1, -0.05) is 12.1 Å². The molecule has 98 valence electrons. The van der Waals surface area contributed by atoms with Gasteiger partial charge in [-0.05, 0) is 48.0 Å². The minimum Gasteiger partial charge on any atom is -0.490 e. The van der Waals surface area contributed by atoms with Crippen LogP contribution in [-0.4, -0.2) is 16.9 Å². The number of carbonyl (C=O) groups is 1. The number of hydrogen-bond donors (Lipinski definition) is 0. The molecule has 0 saturated heterocycles. The number of hydrogen-bond acceptors (Lipinski definition) is 3. The molecule has 0 atom stereocenters. The van der Waals surface area contributed by atoms with E-state index >= 15 is 0 Å². The number of ketones is 1. The molecule has 1 aromatic carbocycles. The Kier molecular flexibility index (Phi) is 4.32. The molecule has 0 radical (unpaired) electrons. The third kappa shape index (κ3) is 3.41. The van der Waals surface area contributed by atoms with Crippen LogP contribution in [-0.2, 0) is 0 Å². The van der Waals surface area contributed by atoms with Crippen LogP contribution in [0.5, 0.6) is 5.75 Å². The van der Waals surface area contributed by atoms with E-state index in [1.54, 1.807) is 30.6 Å². The van der Waals surface area contributed by atoms with Gasteiger partial charge in [-0.3, -0.25) is 9.78 Å². The Bertz CT molecular complexity index is 596. The van der Waals surface area contributed by atoms with Gasteiger partial charge in [0.05, 0.1) is 11.7 Å². The molecule has 3 nitrogen and oxygen atoms in total. The zero-order valence-electron chi connectivity index (χ0n) is 10.8. The second-order valence-corrected chi connectivity index (χ2v) is 5.30. The van der Waals surface area contributed by atoms with Gasteiger partial charge in [0, 0.05) is 22.4 Å². The number of benzene rings is 1. The second-order valence-electron chi connectivity index (χ2n) is 4.38. The summed E-state index contributed by atoms with van der Waals surface area (Å²) in [6, 6.07) is 9.00. The quantitative estimate of drug-likeness (QED) is 0.803. The standard InChI is InChI=1S/C15H14BrNO2/c1-10(2)19-14-6-4-3-5-13(14)15(18)11-7-12(16)9-17-8-11/h3-10H,1-2H3. The Balaban J connectivity index is 2.39. The Hall–Kier alpha value is -1.68. The average Bonchev–Trinajstić information content (AvgIpc) is 2.38. The van der Waals surface area contributed by atoms with E-state index in [2.05, 4.69) is 20.9 Å². The fraction of sp³-hybridized carbons (Fsp3) is 0.200. The first kappa shape index (κ1) is 13.7. The van der Waals surface area contributed by atoms with Crippen molar-refractivity contribution >= 4 is 21.7 Å². The van der Waals surface area contributed by atoms with Gasteiger partial charge in [0.25, 0.3) is 0 Å². The lowest BCUT2D eigenvalue weighted by Gasteiger charge is -2.13. The van der Waals surface area contributed by atoms with Crippen LogP contribution in [0.1, 0.15) is 29.8 Å². The lowest BCUT2D eigenvalue weighted by molar-refractivity contribution is 0.103. The first-order chi connectivity index (χ1) is 9.08. The number of para-hydroxylation sites is 1. The van der Waals surface area contributed by atoms with Gasteiger partial charge in [0.15, 0.2) is 5.78 Å². The van der Waals surface area contributed by atoms with E-state index in [0.717, 1.165) is 4.47 Å². The Morgan fingerprint density at radius 3 is 2.68 bits per heavy atom. The van der Waals surface area contributed by atoms with E-state index in [1.165, 1.54) is 0 Å². The largest absolute Gasteiger partial charge is 0.490 e. The molecule has 0 fully saturated rings. The molecule has 0 aliphatic rings. The maximum atomic E-state index is 12.5. The summed E-state index contributed by atoms with van der Waals surface area (Å²) in [5, 5.41) is 0. The van der Waals surface area contributed by atoms with Crippen LogP contribution >= 0.6 is 15.9 Å². The van der Waals surface area contributed by atoms with E-state index in [4.69, 9.17) is 4.74 Å². The van der Waals surface area contributed by atoms with Crippen molar-refractivity contribution in [2.45, 2.75) is 20.0 Å². The van der Waals surface area contributed by atoms with Gasteiger partial charge in [0.2, 0.25) is 0 Å². The van der Waals surface area contributed by atoms with E-state index in [9.17, 15) is 4.79 Å². The first-order valence-corrected chi connectivity index (χ1v) is 6.78. The van der Waals surface area contributed by atoms with Crippen LogP contribution in [0.3, 0.4) is 0 Å². The Morgan fingerprint density at radius 2 is 2.00 bits per heavy atom. The lowest BCUT2D eigenvalue weighted by atomic mass is 10.0. The fourth-order valence-corrected chi connectivity index (χ4v) is 2.07. The lowest BCUT2D eigenvalue weighted by Crippen LogP contribution is -2.10. The van der Waals surface area contributed by atoms with E-state index in [0.29, 0.717) is 16.9 Å². The van der Waals surface area contributed by atoms with E-state index in [-0.39, 0.29) is 11.9 Å². The minimum atomic E-state index is -0.0925. The summed E-state index contributed by atoms with van der Waals surface area (Å²) in [4.78, 5) is 16.5. The van der Waals surface area contributed by atoms with Gasteiger partial charge in [-0.2, -0.15) is 0 Å². The average molecular weight is 320 g/mol. The molecule has 4 heteroatoms. The number of carbonyl (C=O) groups excluding carboxylic acids is 1. The summed E-state index contributed by atoms with van der Waals surface area (Å²) < 4.78 is 6.44. The van der Waals surface area contributed by atoms with Crippen molar-refractivity contribution in [1.29, 1.82) is 0 Å². The molecular formula is C15H14BrNO2. The van der Waals surface area contributed by atoms with Crippen LogP contribution in [0.15, 0.2) is 47.2 Å². The van der Waals surface area contributed by atoms with Crippen molar-refractivity contribution in [3.8, 4) is 5.75 Å². The maximum Gasteiger partial charge on any atom is 0.198 e. The van der Waals surface area contributed by atoms with Crippen molar-refractivity contribution < 1.29 is 9.53 Å². The molecule has 0 aliphatic carbocycles. The SMILES string of the molecule is CC(C)Oc1ccccc1C(=O)c1cncc(Br)c1. The first-order valence-electron chi connectivity index (χ1n) is 5.99. The van der Waals surface area contributed by atoms with Gasteiger partial charge in [-0.25, -0.2) is 0 Å². The van der Waals surface area contributed by atoms with Crippen LogP contribution in [0.4, 0.5) is 0 Å². The third-order valence-electron chi connectivity index (χ3n) is 2.46. The highest BCUT2D eigenvalue weighted by atomic mass is 79.9. The molecule has 19 heavy (non-hydrogen) atoms. The molecule has 0 unspecified atom stereocenters. The van der Waals surface area contributed by atoms with Crippen molar-refractivity contribution in [2.75, 3.05) is 0 Å². The number of halogens is 1. The second kappa shape index (κ2) is 5.97. The third-order valence-corrected chi connectivity index (χ3v) is 2.90. The molecule has 0 aliphatic heterocycles. The number of rotatable bonds is 4. The van der Waals surface area contributed by atoms with Crippen LogP contribution in [0.25, 0.3) is 0 Å². The predicted octanol–water partition coefficient (Wildman–Crippen LogP) is 3.86. The monoisotopic (exact) mass is 319 g/mol. The molecule has 0 saturated carbocycles. The topological polar surface area (TPSA) is 39.2 Å². The summed E-state index contributed by atoms with van der Waals surface area (Å²) in [6.45, 7) is 3.86. The van der Waals surface area contributed by atoms with Crippen LogP contribution < -0.4 is 4.74 Å². The van der Waals surface area contributed by atoms with Crippen LogP contribution in [0, 0.1) is 0 Å². The highest BCUT2D eigenvalue weighted by Gasteiger charge is 2.15. The fourth-order valence-electron chi connectivity index (χ4n) is 1.70. The van der Waals surface area contributed by atoms with Gasteiger partial charge in [-0.15, -0.1) is 0 Å². The normalized spacial score (nSPS) is 10.5. The van der Waals surface area contributed by atoms with Crippen molar-refractivity contribution in [1.82, 2.24) is 4.98 Å². The highest BCUT2D eigenvalue weighted by molar-refractivity contribution is 9.10. The smallest absolute Gasteiger partial charge is 0.198 e. The number of pyridine rings is 1. The molecule has 0 N–H and O–H groups in total. The van der Waals surface area contributed by atoms with E-state index in [1.807, 2.05) is 26.0 Å². The summed E-state index contributed by atoms with van der Waals surface area (Å²) in [7, 11) is 0. The molecule has 1 heterocycles. The number of ether oxygens (including phenoxy) is 1.